The van der Waals surface area contributed by atoms with Crippen molar-refractivity contribution in [3.05, 3.63) is 64.8 Å². The lowest BCUT2D eigenvalue weighted by atomic mass is 9.88. The van der Waals surface area contributed by atoms with Crippen molar-refractivity contribution in [2.45, 2.75) is 46.3 Å². The van der Waals surface area contributed by atoms with Crippen molar-refractivity contribution in [2.24, 2.45) is 5.92 Å². The summed E-state index contributed by atoms with van der Waals surface area (Å²) < 4.78 is 11.5. The first-order valence-electron chi connectivity index (χ1n) is 10.9. The molecule has 3 aromatic rings. The molecule has 0 bridgehead atoms. The molecule has 0 spiro atoms. The third kappa shape index (κ3) is 4.65. The Hall–Kier alpha value is -2.70. The lowest BCUT2D eigenvalue weighted by Crippen LogP contribution is -2.35. The van der Waals surface area contributed by atoms with Gasteiger partial charge in [0.05, 0.1) is 18.9 Å². The van der Waals surface area contributed by atoms with Gasteiger partial charge in [-0.2, -0.15) is 0 Å². The number of methoxy groups -OCH3 is 1. The lowest BCUT2D eigenvalue weighted by molar-refractivity contribution is 0.0561. The van der Waals surface area contributed by atoms with E-state index in [2.05, 4.69) is 22.9 Å². The maximum atomic E-state index is 10.7. The summed E-state index contributed by atoms with van der Waals surface area (Å²) in [6.45, 7) is 8.70. The minimum Gasteiger partial charge on any atom is -0.496 e. The zero-order valence-corrected chi connectivity index (χ0v) is 18.8. The number of nitrogens with zero attached hydrogens (tertiary/aromatic N) is 3. The van der Waals surface area contributed by atoms with Gasteiger partial charge in [0.15, 0.2) is 0 Å². The van der Waals surface area contributed by atoms with E-state index in [1.165, 1.54) is 0 Å². The Morgan fingerprint density at radius 2 is 1.97 bits per heavy atom. The molecular formula is C25H31N3O3. The molecule has 1 N–H and O–H groups in total. The first kappa shape index (κ1) is 21.5. The van der Waals surface area contributed by atoms with Gasteiger partial charge in [-0.1, -0.05) is 6.07 Å². The van der Waals surface area contributed by atoms with Crippen molar-refractivity contribution in [1.29, 1.82) is 0 Å². The van der Waals surface area contributed by atoms with Crippen LogP contribution in [0.1, 0.15) is 47.1 Å². The Morgan fingerprint density at radius 3 is 2.65 bits per heavy atom. The molecule has 1 aromatic carbocycles. The molecule has 1 aliphatic rings. The number of oxazole rings is 1. The Balaban J connectivity index is 1.41. The minimum atomic E-state index is -0.447. The normalized spacial score (nSPS) is 16.4. The van der Waals surface area contributed by atoms with Gasteiger partial charge >= 0.3 is 0 Å². The van der Waals surface area contributed by atoms with Crippen LogP contribution in [-0.2, 0) is 6.54 Å². The SMILES string of the molecule is COc1cc(C)c(-c2nc(CN3CCC([C@H](O)c4cccnc4)CC3)c(C)o2)cc1C. The molecule has 3 heterocycles. The van der Waals surface area contributed by atoms with Gasteiger partial charge in [0.2, 0.25) is 5.89 Å². The topological polar surface area (TPSA) is 71.6 Å². The molecule has 0 amide bonds. The van der Waals surface area contributed by atoms with E-state index >= 15 is 0 Å². The number of likely N-dealkylation sites (tertiary alicyclic amines) is 1. The number of benzene rings is 1. The summed E-state index contributed by atoms with van der Waals surface area (Å²) in [6.07, 6.45) is 4.97. The molecule has 1 atom stereocenters. The van der Waals surface area contributed by atoms with Crippen LogP contribution in [0.4, 0.5) is 0 Å². The van der Waals surface area contributed by atoms with E-state index in [1.807, 2.05) is 32.0 Å². The summed E-state index contributed by atoms with van der Waals surface area (Å²) in [5, 5.41) is 10.7. The number of ether oxygens (including phenoxy) is 1. The summed E-state index contributed by atoms with van der Waals surface area (Å²) >= 11 is 0. The molecule has 0 saturated carbocycles. The van der Waals surface area contributed by atoms with Crippen LogP contribution in [0.25, 0.3) is 11.5 Å². The largest absolute Gasteiger partial charge is 0.496 e. The molecule has 1 saturated heterocycles. The predicted molar refractivity (Wildman–Crippen MR) is 120 cm³/mol. The lowest BCUT2D eigenvalue weighted by Gasteiger charge is -2.33. The fraction of sp³-hybridized carbons (Fsp3) is 0.440. The minimum absolute atomic E-state index is 0.263. The average molecular weight is 422 g/mol. The van der Waals surface area contributed by atoms with Crippen molar-refractivity contribution in [2.75, 3.05) is 20.2 Å². The van der Waals surface area contributed by atoms with Crippen LogP contribution < -0.4 is 4.74 Å². The molecule has 0 aliphatic carbocycles. The van der Waals surface area contributed by atoms with Gasteiger partial charge in [-0.3, -0.25) is 9.88 Å². The number of piperidine rings is 1. The number of hydrogen-bond donors (Lipinski definition) is 1. The van der Waals surface area contributed by atoms with Crippen molar-refractivity contribution in [3.8, 4) is 17.2 Å². The van der Waals surface area contributed by atoms with E-state index < -0.39 is 6.10 Å². The highest BCUT2D eigenvalue weighted by Crippen LogP contribution is 2.33. The number of aryl methyl sites for hydroxylation is 3. The van der Waals surface area contributed by atoms with E-state index in [9.17, 15) is 5.11 Å². The first-order chi connectivity index (χ1) is 15.0. The zero-order valence-electron chi connectivity index (χ0n) is 18.8. The maximum absolute atomic E-state index is 10.7. The summed E-state index contributed by atoms with van der Waals surface area (Å²) in [6, 6.07) is 7.94. The molecule has 6 nitrogen and oxygen atoms in total. The second-order valence-electron chi connectivity index (χ2n) is 8.50. The Bertz CT molecular complexity index is 1020. The highest BCUT2D eigenvalue weighted by molar-refractivity contribution is 5.62. The van der Waals surface area contributed by atoms with Crippen LogP contribution in [0.5, 0.6) is 5.75 Å². The second kappa shape index (κ2) is 9.20. The van der Waals surface area contributed by atoms with E-state index in [0.717, 1.165) is 71.9 Å². The average Bonchev–Trinajstić information content (AvgIpc) is 3.15. The van der Waals surface area contributed by atoms with Gasteiger partial charge in [0.25, 0.3) is 0 Å². The number of aromatic nitrogens is 2. The van der Waals surface area contributed by atoms with Crippen LogP contribution >= 0.6 is 0 Å². The van der Waals surface area contributed by atoms with Crippen LogP contribution in [0.3, 0.4) is 0 Å². The fourth-order valence-corrected chi connectivity index (χ4v) is 4.39. The van der Waals surface area contributed by atoms with Crippen molar-refractivity contribution in [3.63, 3.8) is 0 Å². The summed E-state index contributed by atoms with van der Waals surface area (Å²) in [5.41, 5.74) is 5.04. The second-order valence-corrected chi connectivity index (χ2v) is 8.50. The summed E-state index contributed by atoms with van der Waals surface area (Å²) in [7, 11) is 1.69. The number of pyridine rings is 1. The Kier molecular flexibility index (Phi) is 6.39. The molecule has 4 rings (SSSR count). The highest BCUT2D eigenvalue weighted by Gasteiger charge is 2.27. The van der Waals surface area contributed by atoms with Gasteiger partial charge in [-0.05, 0) is 87.5 Å². The third-order valence-electron chi connectivity index (χ3n) is 6.34. The monoisotopic (exact) mass is 421 g/mol. The van der Waals surface area contributed by atoms with Crippen molar-refractivity contribution < 1.29 is 14.3 Å². The van der Waals surface area contributed by atoms with Crippen LogP contribution in [0.15, 0.2) is 41.1 Å². The zero-order chi connectivity index (χ0) is 22.0. The molecule has 31 heavy (non-hydrogen) atoms. The van der Waals surface area contributed by atoms with Gasteiger partial charge in [0.1, 0.15) is 11.5 Å². The molecule has 6 heteroatoms. The van der Waals surface area contributed by atoms with Gasteiger partial charge < -0.3 is 14.3 Å². The third-order valence-corrected chi connectivity index (χ3v) is 6.34. The molecule has 0 unspecified atom stereocenters. The first-order valence-corrected chi connectivity index (χ1v) is 10.9. The van der Waals surface area contributed by atoms with Crippen LogP contribution in [0, 0.1) is 26.7 Å². The summed E-state index contributed by atoms with van der Waals surface area (Å²) in [4.78, 5) is 11.4. The maximum Gasteiger partial charge on any atom is 0.226 e. The smallest absolute Gasteiger partial charge is 0.226 e. The van der Waals surface area contributed by atoms with Crippen molar-refractivity contribution in [1.82, 2.24) is 14.9 Å². The van der Waals surface area contributed by atoms with E-state index in [4.69, 9.17) is 14.1 Å². The molecule has 2 aromatic heterocycles. The number of aliphatic hydroxyl groups excluding tert-OH is 1. The van der Waals surface area contributed by atoms with Gasteiger partial charge in [0, 0.05) is 24.5 Å². The summed E-state index contributed by atoms with van der Waals surface area (Å²) in [5.74, 6) is 2.67. The van der Waals surface area contributed by atoms with Crippen LogP contribution in [-0.4, -0.2) is 40.2 Å². The van der Waals surface area contributed by atoms with Crippen molar-refractivity contribution >= 4 is 0 Å². The van der Waals surface area contributed by atoms with Gasteiger partial charge in [-0.15, -0.1) is 0 Å². The molecule has 1 fully saturated rings. The van der Waals surface area contributed by atoms with E-state index in [-0.39, 0.29) is 5.92 Å². The fourth-order valence-electron chi connectivity index (χ4n) is 4.39. The predicted octanol–water partition coefficient (Wildman–Crippen LogP) is 4.62. The molecular weight excluding hydrogens is 390 g/mol. The van der Waals surface area contributed by atoms with E-state index in [1.54, 1.807) is 19.5 Å². The van der Waals surface area contributed by atoms with Gasteiger partial charge in [-0.25, -0.2) is 4.98 Å². The quantitative estimate of drug-likeness (QED) is 0.626. The number of hydrogen-bond acceptors (Lipinski definition) is 6. The highest BCUT2D eigenvalue weighted by atomic mass is 16.5. The van der Waals surface area contributed by atoms with E-state index in [0.29, 0.717) is 5.89 Å². The molecule has 1 aliphatic heterocycles. The van der Waals surface area contributed by atoms with Crippen LogP contribution in [0.2, 0.25) is 0 Å². The molecule has 0 radical (unpaired) electrons. The molecule has 164 valence electrons. The number of rotatable bonds is 6. The number of aliphatic hydroxyl groups is 1. The standard InChI is InChI=1S/C25H31N3O3/c1-16-13-23(30-4)17(2)12-21(16)25-27-22(18(3)31-25)15-28-10-7-19(8-11-28)24(29)20-6-5-9-26-14-20/h5-6,9,12-14,19,24,29H,7-8,10-11,15H2,1-4H3/t24-/m0/s1. The Labute approximate surface area is 183 Å². The Morgan fingerprint density at radius 1 is 1.19 bits per heavy atom.